The number of nitrogens with zero attached hydrogens (tertiary/aromatic N) is 2. The van der Waals surface area contributed by atoms with E-state index in [9.17, 15) is 9.90 Å². The van der Waals surface area contributed by atoms with E-state index in [0.717, 1.165) is 25.0 Å². The van der Waals surface area contributed by atoms with Crippen LogP contribution in [0.15, 0.2) is 40.9 Å². The first-order chi connectivity index (χ1) is 12.1. The zero-order chi connectivity index (χ0) is 17.3. The number of hydrogen-bond acceptors (Lipinski definition) is 5. The fraction of sp³-hybridized carbons (Fsp3) is 0.474. The highest BCUT2D eigenvalue weighted by Gasteiger charge is 2.37. The van der Waals surface area contributed by atoms with Crippen LogP contribution in [0.5, 0.6) is 5.75 Å². The first-order valence-corrected chi connectivity index (χ1v) is 8.79. The van der Waals surface area contributed by atoms with Crippen LogP contribution in [-0.4, -0.2) is 46.4 Å². The molecule has 1 aliphatic heterocycles. The van der Waals surface area contributed by atoms with Crippen molar-refractivity contribution in [3.05, 3.63) is 47.9 Å². The number of benzene rings is 1. The van der Waals surface area contributed by atoms with Crippen LogP contribution in [0.1, 0.15) is 47.8 Å². The quantitative estimate of drug-likeness (QED) is 0.904. The summed E-state index contributed by atoms with van der Waals surface area (Å²) < 4.78 is 11.0. The molecule has 1 saturated heterocycles. The molecule has 4 rings (SSSR count). The largest absolute Gasteiger partial charge is 0.491 e. The van der Waals surface area contributed by atoms with Gasteiger partial charge >= 0.3 is 0 Å². The molecule has 1 aromatic heterocycles. The maximum Gasteiger partial charge on any atom is 0.276 e. The van der Waals surface area contributed by atoms with Gasteiger partial charge in [0.1, 0.15) is 23.7 Å². The van der Waals surface area contributed by atoms with Crippen LogP contribution in [0.25, 0.3) is 0 Å². The number of carbonyl (C=O) groups excluding carboxylic acids is 1. The van der Waals surface area contributed by atoms with E-state index in [0.29, 0.717) is 30.3 Å². The number of carbonyl (C=O) groups is 1. The number of ether oxygens (including phenoxy) is 1. The Kier molecular flexibility index (Phi) is 4.21. The second-order valence-electron chi connectivity index (χ2n) is 7.05. The standard InChI is InChI=1S/C19H22N2O4/c22-18(16-11-17(25-20-16)14-7-8-14)21-10-4-9-19(23,12-21)13-24-15-5-2-1-3-6-15/h1-3,5-6,11,14,23H,4,7-10,12-13H2/t19-/m0/s1. The van der Waals surface area contributed by atoms with Gasteiger partial charge in [-0.05, 0) is 37.8 Å². The van der Waals surface area contributed by atoms with Gasteiger partial charge in [0.05, 0.1) is 6.54 Å². The van der Waals surface area contributed by atoms with Gasteiger partial charge in [0.25, 0.3) is 5.91 Å². The molecule has 6 heteroatoms. The summed E-state index contributed by atoms with van der Waals surface area (Å²) in [4.78, 5) is 14.3. The summed E-state index contributed by atoms with van der Waals surface area (Å²) in [6.07, 6.45) is 3.54. The molecule has 2 fully saturated rings. The topological polar surface area (TPSA) is 75.8 Å². The van der Waals surface area contributed by atoms with Crippen LogP contribution in [0, 0.1) is 0 Å². The Labute approximate surface area is 146 Å². The summed E-state index contributed by atoms with van der Waals surface area (Å²) in [5.74, 6) is 1.74. The number of hydrogen-bond donors (Lipinski definition) is 1. The second kappa shape index (κ2) is 6.52. The van der Waals surface area contributed by atoms with Gasteiger partial charge < -0.3 is 19.3 Å². The van der Waals surface area contributed by atoms with Crippen LogP contribution in [0.2, 0.25) is 0 Å². The summed E-state index contributed by atoms with van der Waals surface area (Å²) in [5.41, 5.74) is -0.720. The molecule has 2 aromatic rings. The predicted octanol–water partition coefficient (Wildman–Crippen LogP) is 2.60. The fourth-order valence-electron chi connectivity index (χ4n) is 3.25. The summed E-state index contributed by atoms with van der Waals surface area (Å²) >= 11 is 0. The molecule has 0 radical (unpaired) electrons. The van der Waals surface area contributed by atoms with Crippen LogP contribution < -0.4 is 4.74 Å². The van der Waals surface area contributed by atoms with Crippen molar-refractivity contribution >= 4 is 5.91 Å². The third-order valence-electron chi connectivity index (χ3n) is 4.82. The molecule has 1 saturated carbocycles. The van der Waals surface area contributed by atoms with Crippen molar-refractivity contribution in [1.29, 1.82) is 0 Å². The number of para-hydroxylation sites is 1. The normalized spacial score (nSPS) is 23.5. The molecule has 1 aliphatic carbocycles. The van der Waals surface area contributed by atoms with Crippen molar-refractivity contribution in [3.8, 4) is 5.75 Å². The Morgan fingerprint density at radius 2 is 2.16 bits per heavy atom. The van der Waals surface area contributed by atoms with E-state index in [1.807, 2.05) is 30.3 Å². The van der Waals surface area contributed by atoms with Gasteiger partial charge in [0.15, 0.2) is 5.69 Å². The minimum absolute atomic E-state index is 0.160. The van der Waals surface area contributed by atoms with Crippen LogP contribution >= 0.6 is 0 Å². The molecule has 132 valence electrons. The lowest BCUT2D eigenvalue weighted by molar-refractivity contribution is -0.0533. The summed E-state index contributed by atoms with van der Waals surface area (Å²) in [7, 11) is 0. The van der Waals surface area contributed by atoms with Gasteiger partial charge in [-0.1, -0.05) is 23.4 Å². The van der Waals surface area contributed by atoms with E-state index < -0.39 is 5.60 Å². The van der Waals surface area contributed by atoms with Crippen LogP contribution in [0.4, 0.5) is 0 Å². The molecule has 1 aromatic carbocycles. The number of rotatable bonds is 5. The highest BCUT2D eigenvalue weighted by Crippen LogP contribution is 2.40. The molecule has 2 aliphatic rings. The second-order valence-corrected chi connectivity index (χ2v) is 7.05. The molecular formula is C19H22N2O4. The third-order valence-corrected chi connectivity index (χ3v) is 4.82. The Bertz CT molecular complexity index is 741. The summed E-state index contributed by atoms with van der Waals surface area (Å²) in [6, 6.07) is 11.1. The van der Waals surface area contributed by atoms with Crippen molar-refractivity contribution in [2.24, 2.45) is 0 Å². The van der Waals surface area contributed by atoms with E-state index >= 15 is 0 Å². The maximum atomic E-state index is 12.7. The van der Waals surface area contributed by atoms with E-state index in [2.05, 4.69) is 5.16 Å². The van der Waals surface area contributed by atoms with Crippen molar-refractivity contribution in [2.75, 3.05) is 19.7 Å². The fourth-order valence-corrected chi connectivity index (χ4v) is 3.25. The lowest BCUT2D eigenvalue weighted by Gasteiger charge is -2.38. The first kappa shape index (κ1) is 16.1. The zero-order valence-corrected chi connectivity index (χ0v) is 14.1. The lowest BCUT2D eigenvalue weighted by Crippen LogP contribution is -2.53. The first-order valence-electron chi connectivity index (χ1n) is 8.79. The highest BCUT2D eigenvalue weighted by atomic mass is 16.5. The van der Waals surface area contributed by atoms with Gasteiger partial charge in [0.2, 0.25) is 0 Å². The molecular weight excluding hydrogens is 320 g/mol. The smallest absolute Gasteiger partial charge is 0.276 e. The number of likely N-dealkylation sites (tertiary alicyclic amines) is 1. The molecule has 2 heterocycles. The molecule has 0 unspecified atom stereocenters. The Balaban J connectivity index is 1.39. The average molecular weight is 342 g/mol. The molecule has 0 spiro atoms. The molecule has 1 N–H and O–H groups in total. The number of aliphatic hydroxyl groups is 1. The summed E-state index contributed by atoms with van der Waals surface area (Å²) in [5, 5.41) is 14.8. The van der Waals surface area contributed by atoms with Gasteiger partial charge in [-0.15, -0.1) is 0 Å². The molecule has 6 nitrogen and oxygen atoms in total. The van der Waals surface area contributed by atoms with E-state index in [4.69, 9.17) is 9.26 Å². The van der Waals surface area contributed by atoms with Gasteiger partial charge in [0, 0.05) is 18.5 Å². The minimum atomic E-state index is -1.05. The van der Waals surface area contributed by atoms with Gasteiger partial charge in [-0.25, -0.2) is 0 Å². The molecule has 1 atom stereocenters. The van der Waals surface area contributed by atoms with Crippen molar-refractivity contribution in [1.82, 2.24) is 10.1 Å². The Hall–Kier alpha value is -2.34. The zero-order valence-electron chi connectivity index (χ0n) is 14.1. The minimum Gasteiger partial charge on any atom is -0.491 e. The monoisotopic (exact) mass is 342 g/mol. The van der Waals surface area contributed by atoms with E-state index in [-0.39, 0.29) is 19.1 Å². The van der Waals surface area contributed by atoms with Crippen LogP contribution in [0.3, 0.4) is 0 Å². The number of piperidine rings is 1. The highest BCUT2D eigenvalue weighted by molar-refractivity contribution is 5.92. The Morgan fingerprint density at radius 1 is 1.36 bits per heavy atom. The molecule has 1 amide bonds. The maximum absolute atomic E-state index is 12.7. The molecule has 0 bridgehead atoms. The van der Waals surface area contributed by atoms with Crippen molar-refractivity contribution in [2.45, 2.75) is 37.2 Å². The third kappa shape index (κ3) is 3.69. The van der Waals surface area contributed by atoms with Crippen molar-refractivity contribution < 1.29 is 19.2 Å². The van der Waals surface area contributed by atoms with E-state index in [1.165, 1.54) is 0 Å². The lowest BCUT2D eigenvalue weighted by atomic mass is 9.93. The number of β-amino-alcohol motifs (C(OH)–C–C–N with tert-alkyl or cyclic N) is 1. The SMILES string of the molecule is O=C(c1cc(C2CC2)on1)N1CCC[C@@](O)(COc2ccccc2)C1. The average Bonchev–Trinajstić information content (AvgIpc) is 3.37. The number of aromatic nitrogens is 1. The van der Waals surface area contributed by atoms with E-state index in [1.54, 1.807) is 11.0 Å². The molecule has 25 heavy (non-hydrogen) atoms. The van der Waals surface area contributed by atoms with Crippen molar-refractivity contribution in [3.63, 3.8) is 0 Å². The van der Waals surface area contributed by atoms with Crippen LogP contribution in [-0.2, 0) is 0 Å². The Morgan fingerprint density at radius 3 is 2.92 bits per heavy atom. The number of amides is 1. The predicted molar refractivity (Wildman–Crippen MR) is 90.5 cm³/mol. The van der Waals surface area contributed by atoms with Gasteiger partial charge in [-0.2, -0.15) is 0 Å². The van der Waals surface area contributed by atoms with Gasteiger partial charge in [-0.3, -0.25) is 4.79 Å². The summed E-state index contributed by atoms with van der Waals surface area (Å²) in [6.45, 7) is 1.01.